The van der Waals surface area contributed by atoms with Gasteiger partial charge in [-0.3, -0.25) is 9.52 Å². The number of carbonyl (C=O) groups excluding carboxylic acids is 1. The molecule has 0 aromatic heterocycles. The summed E-state index contributed by atoms with van der Waals surface area (Å²) >= 11 is 0. The molecule has 2 aromatic rings. The second-order valence-corrected chi connectivity index (χ2v) is 9.28. The van der Waals surface area contributed by atoms with Gasteiger partial charge in [-0.25, -0.2) is 8.42 Å². The van der Waals surface area contributed by atoms with E-state index in [1.165, 1.54) is 12.8 Å². The summed E-state index contributed by atoms with van der Waals surface area (Å²) in [6, 6.07) is 12.0. The molecular weight excluding hydrogens is 388 g/mol. The number of ether oxygens (including phenoxy) is 1. The predicted octanol–water partition coefficient (Wildman–Crippen LogP) is 4.11. The zero-order chi connectivity index (χ0) is 20.4. The number of hydrogen-bond donors (Lipinski definition) is 1. The van der Waals surface area contributed by atoms with Crippen LogP contribution in [0.5, 0.6) is 5.75 Å². The van der Waals surface area contributed by atoms with Crippen molar-refractivity contribution in [1.29, 1.82) is 0 Å². The Labute approximate surface area is 171 Å². The van der Waals surface area contributed by atoms with Gasteiger partial charge in [0.2, 0.25) is 5.91 Å². The molecule has 0 spiro atoms. The van der Waals surface area contributed by atoms with Gasteiger partial charge in [-0.1, -0.05) is 6.92 Å². The number of hydrogen-bond acceptors (Lipinski definition) is 4. The number of sulfonamides is 1. The minimum Gasteiger partial charge on any atom is -0.490 e. The van der Waals surface area contributed by atoms with E-state index in [1.54, 1.807) is 47.4 Å². The Morgan fingerprint density at radius 3 is 2.55 bits per heavy atom. The molecule has 1 aliphatic carbocycles. The largest absolute Gasteiger partial charge is 0.490 e. The van der Waals surface area contributed by atoms with Crippen LogP contribution in [0.25, 0.3) is 0 Å². The summed E-state index contributed by atoms with van der Waals surface area (Å²) in [6.45, 7) is 2.43. The minimum atomic E-state index is -3.71. The molecule has 7 heteroatoms. The number of rotatable bonds is 6. The summed E-state index contributed by atoms with van der Waals surface area (Å²) < 4.78 is 34.2. The third-order valence-corrected chi connectivity index (χ3v) is 6.95. The summed E-state index contributed by atoms with van der Waals surface area (Å²) in [7, 11) is -3.71. The van der Waals surface area contributed by atoms with E-state index in [0.717, 1.165) is 29.8 Å². The van der Waals surface area contributed by atoms with Crippen molar-refractivity contribution in [2.24, 2.45) is 0 Å². The molecule has 1 fully saturated rings. The topological polar surface area (TPSA) is 75.7 Å². The predicted molar refractivity (Wildman–Crippen MR) is 113 cm³/mol. The smallest absolute Gasteiger partial charge is 0.261 e. The quantitative estimate of drug-likeness (QED) is 0.772. The third kappa shape index (κ3) is 4.24. The Kier molecular flexibility index (Phi) is 5.50. The molecule has 0 atom stereocenters. The number of fused-ring (bicyclic) bond motifs is 1. The fourth-order valence-corrected chi connectivity index (χ4v) is 5.12. The lowest BCUT2D eigenvalue weighted by Gasteiger charge is -2.17. The summed E-state index contributed by atoms with van der Waals surface area (Å²) in [4.78, 5) is 13.9. The van der Waals surface area contributed by atoms with Crippen LogP contribution in [0.15, 0.2) is 47.4 Å². The molecule has 1 amide bonds. The highest BCUT2D eigenvalue weighted by Crippen LogP contribution is 2.31. The van der Waals surface area contributed by atoms with E-state index < -0.39 is 10.0 Å². The first kappa shape index (κ1) is 19.8. The van der Waals surface area contributed by atoms with Gasteiger partial charge < -0.3 is 9.64 Å². The van der Waals surface area contributed by atoms with Gasteiger partial charge in [0.05, 0.1) is 11.0 Å². The second kappa shape index (κ2) is 8.06. The highest BCUT2D eigenvalue weighted by Gasteiger charge is 2.26. The van der Waals surface area contributed by atoms with Crippen LogP contribution in [0.4, 0.5) is 11.4 Å². The molecule has 1 heterocycles. The van der Waals surface area contributed by atoms with Crippen molar-refractivity contribution in [2.45, 2.75) is 56.4 Å². The van der Waals surface area contributed by atoms with Gasteiger partial charge in [-0.15, -0.1) is 0 Å². The number of amides is 1. The lowest BCUT2D eigenvalue weighted by atomic mass is 10.2. The zero-order valence-electron chi connectivity index (χ0n) is 16.6. The lowest BCUT2D eigenvalue weighted by Crippen LogP contribution is -2.27. The maximum Gasteiger partial charge on any atom is 0.261 e. The molecule has 1 N–H and O–H groups in total. The van der Waals surface area contributed by atoms with E-state index in [9.17, 15) is 13.2 Å². The van der Waals surface area contributed by atoms with E-state index in [0.29, 0.717) is 25.1 Å². The fraction of sp³-hybridized carbons (Fsp3) is 0.409. The number of anilines is 2. The first-order valence-electron chi connectivity index (χ1n) is 10.2. The highest BCUT2D eigenvalue weighted by atomic mass is 32.2. The van der Waals surface area contributed by atoms with E-state index >= 15 is 0 Å². The van der Waals surface area contributed by atoms with Gasteiger partial charge in [-0.05, 0) is 80.1 Å². The summed E-state index contributed by atoms with van der Waals surface area (Å²) in [6.07, 6.45) is 5.92. The first-order valence-corrected chi connectivity index (χ1v) is 11.7. The lowest BCUT2D eigenvalue weighted by molar-refractivity contribution is -0.118. The Hall–Kier alpha value is -2.54. The molecular formula is C22H26N2O4S. The van der Waals surface area contributed by atoms with Crippen molar-refractivity contribution < 1.29 is 17.9 Å². The molecule has 6 nitrogen and oxygen atoms in total. The zero-order valence-corrected chi connectivity index (χ0v) is 17.4. The normalized spacial score (nSPS) is 16.7. The summed E-state index contributed by atoms with van der Waals surface area (Å²) in [5, 5.41) is 0. The molecule has 154 valence electrons. The van der Waals surface area contributed by atoms with Gasteiger partial charge in [0.1, 0.15) is 5.75 Å². The van der Waals surface area contributed by atoms with Gasteiger partial charge in [0.15, 0.2) is 0 Å². The van der Waals surface area contributed by atoms with Crippen molar-refractivity contribution in [3.8, 4) is 5.75 Å². The van der Waals surface area contributed by atoms with Gasteiger partial charge in [-0.2, -0.15) is 0 Å². The standard InChI is InChI=1S/C22H26N2O4S/c1-2-22(25)24-14-13-16-15-20(11-12-21(16)24)29(26,27)23-17-7-9-19(10-8-17)28-18-5-3-4-6-18/h7-12,15,18,23H,2-6,13-14H2,1H3. The molecule has 4 rings (SSSR count). The maximum absolute atomic E-state index is 12.8. The monoisotopic (exact) mass is 414 g/mol. The number of nitrogens with zero attached hydrogens (tertiary/aromatic N) is 1. The molecule has 2 aromatic carbocycles. The van der Waals surface area contributed by atoms with E-state index in [-0.39, 0.29) is 16.9 Å². The van der Waals surface area contributed by atoms with E-state index in [1.807, 2.05) is 6.92 Å². The van der Waals surface area contributed by atoms with Crippen molar-refractivity contribution in [3.05, 3.63) is 48.0 Å². The first-order chi connectivity index (χ1) is 14.0. The molecule has 0 unspecified atom stereocenters. The fourth-order valence-electron chi connectivity index (χ4n) is 4.01. The van der Waals surface area contributed by atoms with Crippen LogP contribution in [0.3, 0.4) is 0 Å². The number of benzene rings is 2. The van der Waals surface area contributed by atoms with Crippen LogP contribution < -0.4 is 14.4 Å². The molecule has 0 bridgehead atoms. The summed E-state index contributed by atoms with van der Waals surface area (Å²) in [5.74, 6) is 0.815. The number of carbonyl (C=O) groups is 1. The maximum atomic E-state index is 12.8. The number of nitrogens with one attached hydrogen (secondary N) is 1. The van der Waals surface area contributed by atoms with Gasteiger partial charge >= 0.3 is 0 Å². The van der Waals surface area contributed by atoms with Crippen molar-refractivity contribution in [1.82, 2.24) is 0 Å². The molecule has 2 aliphatic rings. The van der Waals surface area contributed by atoms with Crippen LogP contribution in [-0.2, 0) is 21.2 Å². The Bertz CT molecular complexity index is 996. The minimum absolute atomic E-state index is 0.0531. The SMILES string of the molecule is CCC(=O)N1CCc2cc(S(=O)(=O)Nc3ccc(OC4CCCC4)cc3)ccc21. The molecule has 1 aliphatic heterocycles. The summed E-state index contributed by atoms with van der Waals surface area (Å²) in [5.41, 5.74) is 2.19. The van der Waals surface area contributed by atoms with E-state index in [2.05, 4.69) is 4.72 Å². The van der Waals surface area contributed by atoms with Crippen molar-refractivity contribution >= 4 is 27.3 Å². The Morgan fingerprint density at radius 2 is 1.86 bits per heavy atom. The molecule has 1 saturated carbocycles. The van der Waals surface area contributed by atoms with Crippen LogP contribution in [0, 0.1) is 0 Å². The van der Waals surface area contributed by atoms with Gasteiger partial charge in [0, 0.05) is 24.3 Å². The van der Waals surface area contributed by atoms with Crippen LogP contribution in [-0.4, -0.2) is 27.0 Å². The van der Waals surface area contributed by atoms with E-state index in [4.69, 9.17) is 4.74 Å². The average molecular weight is 415 g/mol. The van der Waals surface area contributed by atoms with Gasteiger partial charge in [0.25, 0.3) is 10.0 Å². The van der Waals surface area contributed by atoms with Crippen LogP contribution in [0.2, 0.25) is 0 Å². The Morgan fingerprint density at radius 1 is 1.14 bits per heavy atom. The average Bonchev–Trinajstić information content (AvgIpc) is 3.38. The van der Waals surface area contributed by atoms with Crippen molar-refractivity contribution in [2.75, 3.05) is 16.2 Å². The third-order valence-electron chi connectivity index (χ3n) is 5.57. The van der Waals surface area contributed by atoms with Crippen LogP contribution in [0.1, 0.15) is 44.6 Å². The highest BCUT2D eigenvalue weighted by molar-refractivity contribution is 7.92. The Balaban J connectivity index is 1.47. The second-order valence-electron chi connectivity index (χ2n) is 7.59. The molecule has 0 saturated heterocycles. The van der Waals surface area contributed by atoms with Crippen molar-refractivity contribution in [3.63, 3.8) is 0 Å². The molecule has 0 radical (unpaired) electrons. The van der Waals surface area contributed by atoms with Crippen LogP contribution >= 0.6 is 0 Å². The molecule has 29 heavy (non-hydrogen) atoms.